The number of rotatable bonds is 2. The first-order valence-electron chi connectivity index (χ1n) is 5.74. The van der Waals surface area contributed by atoms with E-state index in [0.29, 0.717) is 23.1 Å². The summed E-state index contributed by atoms with van der Waals surface area (Å²) in [6.07, 6.45) is 1.35. The van der Waals surface area contributed by atoms with Crippen molar-refractivity contribution in [2.24, 2.45) is 0 Å². The molecule has 3 nitrogen and oxygen atoms in total. The van der Waals surface area contributed by atoms with Crippen LogP contribution in [0.5, 0.6) is 0 Å². The van der Waals surface area contributed by atoms with Gasteiger partial charge in [0, 0.05) is 26.2 Å². The number of anilines is 1. The smallest absolute Gasteiger partial charge is 0.246 e. The van der Waals surface area contributed by atoms with Gasteiger partial charge in [-0.1, -0.05) is 35.8 Å². The Balaban J connectivity index is 2.08. The molecule has 0 saturated carbocycles. The van der Waals surface area contributed by atoms with Gasteiger partial charge in [-0.15, -0.1) is 0 Å². The van der Waals surface area contributed by atoms with E-state index in [0.717, 1.165) is 18.8 Å². The lowest BCUT2D eigenvalue weighted by Crippen LogP contribution is -2.48. The molecule has 18 heavy (non-hydrogen) atoms. The number of hydrogen-bond donors (Lipinski definition) is 0. The molecule has 0 bridgehead atoms. The Morgan fingerprint density at radius 1 is 1.22 bits per heavy atom. The molecule has 0 N–H and O–H groups in total. The lowest BCUT2D eigenvalue weighted by atomic mass is 10.2. The van der Waals surface area contributed by atoms with E-state index in [1.54, 1.807) is 11.0 Å². The fourth-order valence-corrected chi connectivity index (χ4v) is 2.45. The van der Waals surface area contributed by atoms with Gasteiger partial charge in [0.1, 0.15) is 0 Å². The molecule has 1 aromatic carbocycles. The second-order valence-electron chi connectivity index (χ2n) is 4.09. The molecule has 1 heterocycles. The predicted molar refractivity (Wildman–Crippen MR) is 75.5 cm³/mol. The SMILES string of the molecule is C=CC(=O)N1CCN(c2cccc(Cl)c2Cl)CC1. The van der Waals surface area contributed by atoms with Gasteiger partial charge < -0.3 is 9.80 Å². The zero-order valence-electron chi connectivity index (χ0n) is 9.90. The molecule has 0 radical (unpaired) electrons. The molecule has 1 saturated heterocycles. The van der Waals surface area contributed by atoms with Crippen LogP contribution in [0, 0.1) is 0 Å². The Kier molecular flexibility index (Phi) is 4.15. The first-order chi connectivity index (χ1) is 8.63. The summed E-state index contributed by atoms with van der Waals surface area (Å²) in [6.45, 7) is 6.34. The van der Waals surface area contributed by atoms with Crippen molar-refractivity contribution in [1.29, 1.82) is 0 Å². The molecule has 1 aliphatic rings. The molecule has 0 aromatic heterocycles. The normalized spacial score (nSPS) is 15.7. The van der Waals surface area contributed by atoms with Crippen molar-refractivity contribution in [3.8, 4) is 0 Å². The van der Waals surface area contributed by atoms with E-state index in [1.165, 1.54) is 6.08 Å². The number of piperazine rings is 1. The third-order valence-corrected chi connectivity index (χ3v) is 3.85. The lowest BCUT2D eigenvalue weighted by Gasteiger charge is -2.36. The van der Waals surface area contributed by atoms with E-state index < -0.39 is 0 Å². The van der Waals surface area contributed by atoms with Crippen molar-refractivity contribution in [2.75, 3.05) is 31.1 Å². The maximum atomic E-state index is 11.5. The predicted octanol–water partition coefficient (Wildman–Crippen LogP) is 2.83. The minimum absolute atomic E-state index is 0.0214. The van der Waals surface area contributed by atoms with E-state index in [1.807, 2.05) is 12.1 Å². The van der Waals surface area contributed by atoms with Crippen molar-refractivity contribution in [3.63, 3.8) is 0 Å². The molecule has 2 rings (SSSR count). The van der Waals surface area contributed by atoms with E-state index in [9.17, 15) is 4.79 Å². The lowest BCUT2D eigenvalue weighted by molar-refractivity contribution is -0.126. The van der Waals surface area contributed by atoms with Crippen LogP contribution in [0.1, 0.15) is 0 Å². The molecule has 0 unspecified atom stereocenters. The second-order valence-corrected chi connectivity index (χ2v) is 4.87. The van der Waals surface area contributed by atoms with Gasteiger partial charge in [-0.2, -0.15) is 0 Å². The third-order valence-electron chi connectivity index (χ3n) is 3.04. The standard InChI is InChI=1S/C13H14Cl2N2O/c1-2-12(18)17-8-6-16(7-9-17)11-5-3-4-10(14)13(11)15/h2-5H,1,6-9H2. The van der Waals surface area contributed by atoms with Crippen LogP contribution in [0.15, 0.2) is 30.9 Å². The van der Waals surface area contributed by atoms with Crippen LogP contribution in [0.3, 0.4) is 0 Å². The topological polar surface area (TPSA) is 23.6 Å². The zero-order valence-corrected chi connectivity index (χ0v) is 11.4. The van der Waals surface area contributed by atoms with Gasteiger partial charge in [-0.3, -0.25) is 4.79 Å². The summed E-state index contributed by atoms with van der Waals surface area (Å²) < 4.78 is 0. The van der Waals surface area contributed by atoms with Crippen LogP contribution in [-0.2, 0) is 4.79 Å². The van der Waals surface area contributed by atoms with Crippen molar-refractivity contribution in [1.82, 2.24) is 4.90 Å². The van der Waals surface area contributed by atoms with Crippen LogP contribution < -0.4 is 4.90 Å². The maximum absolute atomic E-state index is 11.5. The second kappa shape index (κ2) is 5.63. The zero-order chi connectivity index (χ0) is 13.1. The Bertz CT molecular complexity index is 468. The Hall–Kier alpha value is -1.19. The molecular weight excluding hydrogens is 271 g/mol. The summed E-state index contributed by atoms with van der Waals surface area (Å²) in [4.78, 5) is 15.4. The first-order valence-corrected chi connectivity index (χ1v) is 6.49. The summed E-state index contributed by atoms with van der Waals surface area (Å²) >= 11 is 12.2. The van der Waals surface area contributed by atoms with Crippen LogP contribution in [0.2, 0.25) is 10.0 Å². The molecule has 5 heteroatoms. The van der Waals surface area contributed by atoms with Gasteiger partial charge in [0.2, 0.25) is 5.91 Å². The molecular formula is C13H14Cl2N2O. The molecule has 1 aliphatic heterocycles. The van der Waals surface area contributed by atoms with Crippen LogP contribution in [0.25, 0.3) is 0 Å². The van der Waals surface area contributed by atoms with Crippen LogP contribution in [-0.4, -0.2) is 37.0 Å². The van der Waals surface area contributed by atoms with Crippen molar-refractivity contribution >= 4 is 34.8 Å². The summed E-state index contributed by atoms with van der Waals surface area (Å²) in [5.41, 5.74) is 0.926. The fourth-order valence-electron chi connectivity index (χ4n) is 2.03. The third kappa shape index (κ3) is 2.62. The molecule has 96 valence electrons. The average molecular weight is 285 g/mol. The van der Waals surface area contributed by atoms with Gasteiger partial charge in [0.05, 0.1) is 15.7 Å². The minimum Gasteiger partial charge on any atom is -0.367 e. The molecule has 1 amide bonds. The Morgan fingerprint density at radius 3 is 2.50 bits per heavy atom. The number of nitrogens with zero attached hydrogens (tertiary/aromatic N) is 2. The largest absolute Gasteiger partial charge is 0.367 e. The number of benzene rings is 1. The van der Waals surface area contributed by atoms with E-state index >= 15 is 0 Å². The van der Waals surface area contributed by atoms with E-state index in [2.05, 4.69) is 11.5 Å². The molecule has 1 fully saturated rings. The summed E-state index contributed by atoms with van der Waals surface area (Å²) in [5, 5.41) is 1.13. The number of amides is 1. The van der Waals surface area contributed by atoms with Gasteiger partial charge >= 0.3 is 0 Å². The minimum atomic E-state index is -0.0214. The van der Waals surface area contributed by atoms with Crippen LogP contribution >= 0.6 is 23.2 Å². The highest BCUT2D eigenvalue weighted by molar-refractivity contribution is 6.43. The van der Waals surface area contributed by atoms with Crippen molar-refractivity contribution in [3.05, 3.63) is 40.9 Å². The quantitative estimate of drug-likeness (QED) is 0.780. The number of halogens is 2. The molecule has 0 spiro atoms. The number of hydrogen-bond acceptors (Lipinski definition) is 2. The van der Waals surface area contributed by atoms with Gasteiger partial charge in [0.15, 0.2) is 0 Å². The van der Waals surface area contributed by atoms with Crippen molar-refractivity contribution < 1.29 is 4.79 Å². The maximum Gasteiger partial charge on any atom is 0.246 e. The summed E-state index contributed by atoms with van der Waals surface area (Å²) in [5.74, 6) is -0.0214. The fraction of sp³-hybridized carbons (Fsp3) is 0.308. The highest BCUT2D eigenvalue weighted by atomic mass is 35.5. The molecule has 0 atom stereocenters. The van der Waals surface area contributed by atoms with E-state index in [4.69, 9.17) is 23.2 Å². The Labute approximate surface area is 117 Å². The summed E-state index contributed by atoms with van der Waals surface area (Å²) in [6, 6.07) is 5.59. The highest BCUT2D eigenvalue weighted by Crippen LogP contribution is 2.32. The van der Waals surface area contributed by atoms with Gasteiger partial charge in [0.25, 0.3) is 0 Å². The molecule has 1 aromatic rings. The van der Waals surface area contributed by atoms with E-state index in [-0.39, 0.29) is 5.91 Å². The van der Waals surface area contributed by atoms with Crippen LogP contribution in [0.4, 0.5) is 5.69 Å². The van der Waals surface area contributed by atoms with Crippen molar-refractivity contribution in [2.45, 2.75) is 0 Å². The highest BCUT2D eigenvalue weighted by Gasteiger charge is 2.21. The molecule has 0 aliphatic carbocycles. The average Bonchev–Trinajstić information content (AvgIpc) is 2.41. The summed E-state index contributed by atoms with van der Waals surface area (Å²) in [7, 11) is 0. The number of carbonyl (C=O) groups is 1. The monoisotopic (exact) mass is 284 g/mol. The van der Waals surface area contributed by atoms with Gasteiger partial charge in [-0.05, 0) is 18.2 Å². The number of carbonyl (C=O) groups excluding carboxylic acids is 1. The Morgan fingerprint density at radius 2 is 1.89 bits per heavy atom. The first kappa shape index (κ1) is 13.2. The van der Waals surface area contributed by atoms with Gasteiger partial charge in [-0.25, -0.2) is 0 Å².